The van der Waals surface area contributed by atoms with E-state index >= 15 is 0 Å². The third kappa shape index (κ3) is 6.64. The van der Waals surface area contributed by atoms with Crippen molar-refractivity contribution in [1.29, 1.82) is 0 Å². The van der Waals surface area contributed by atoms with Gasteiger partial charge in [-0.25, -0.2) is 4.98 Å². The number of halogens is 1. The summed E-state index contributed by atoms with van der Waals surface area (Å²) in [5, 5.41) is 3.79. The van der Waals surface area contributed by atoms with Gasteiger partial charge in [0.1, 0.15) is 5.82 Å². The van der Waals surface area contributed by atoms with Crippen molar-refractivity contribution in [2.24, 2.45) is 0 Å². The summed E-state index contributed by atoms with van der Waals surface area (Å²) >= 11 is 5.74. The van der Waals surface area contributed by atoms with Crippen LogP contribution in [0.3, 0.4) is 0 Å². The molecule has 148 valence electrons. The summed E-state index contributed by atoms with van der Waals surface area (Å²) in [5.41, 5.74) is 2.28. The maximum Gasteiger partial charge on any atom is 1.00 e. The summed E-state index contributed by atoms with van der Waals surface area (Å²) < 4.78 is 1.54. The molecule has 30 heavy (non-hydrogen) atoms. The van der Waals surface area contributed by atoms with Crippen LogP contribution in [0.5, 0.6) is 0 Å². The standard InChI is InChI=1S/C14H15N3O.C8H4ClN2.Na/c1-3-11(2)16-13-8-7-12(10-15-13)17-9-5-4-6-14(17)18;9-6-1-2-7-8(5-6)11-4-3-10-7;/h4-11H,1-3H2,(H,15,16);1-3,5H;/q-2;-1;+1. The molecule has 4 rings (SSSR count). The van der Waals surface area contributed by atoms with E-state index in [1.807, 2.05) is 24.3 Å². The Morgan fingerprint density at radius 3 is 2.67 bits per heavy atom. The van der Waals surface area contributed by atoms with Crippen LogP contribution in [0.2, 0.25) is 5.02 Å². The van der Waals surface area contributed by atoms with Gasteiger partial charge in [-0.2, -0.15) is 6.42 Å². The van der Waals surface area contributed by atoms with Gasteiger partial charge in [-0.1, -0.05) is 35.3 Å². The predicted molar refractivity (Wildman–Crippen MR) is 116 cm³/mol. The van der Waals surface area contributed by atoms with Crippen LogP contribution in [0.4, 0.5) is 5.82 Å². The fourth-order valence-electron chi connectivity index (χ4n) is 2.43. The number of rotatable bonds is 4. The van der Waals surface area contributed by atoms with E-state index in [0.29, 0.717) is 11.4 Å². The Morgan fingerprint density at radius 1 is 1.13 bits per heavy atom. The van der Waals surface area contributed by atoms with Crippen LogP contribution in [0, 0.1) is 20.0 Å². The zero-order chi connectivity index (χ0) is 20.6. The Balaban J connectivity index is 0.000000229. The zero-order valence-corrected chi connectivity index (χ0v) is 19.4. The summed E-state index contributed by atoms with van der Waals surface area (Å²) in [5.74, 6) is 0.728. The van der Waals surface area contributed by atoms with Crippen LogP contribution in [-0.4, -0.2) is 25.6 Å². The quantitative estimate of drug-likeness (QED) is 0.391. The molecule has 4 aromatic rings. The first kappa shape index (κ1) is 24.0. The molecule has 0 radical (unpaired) electrons. The number of nitrogens with zero attached hydrogens (tertiary/aromatic N) is 4. The second-order valence-corrected chi connectivity index (χ2v) is 6.51. The summed E-state index contributed by atoms with van der Waals surface area (Å²) in [7, 11) is 0. The van der Waals surface area contributed by atoms with Crippen molar-refractivity contribution >= 4 is 28.5 Å². The molecule has 0 aliphatic carbocycles. The molecule has 1 N–H and O–H groups in total. The minimum absolute atomic E-state index is 0. The topological polar surface area (TPSA) is 72.7 Å². The van der Waals surface area contributed by atoms with Crippen molar-refractivity contribution in [3.05, 3.63) is 103 Å². The number of nitrogens with one attached hydrogen (secondary N) is 1. The number of benzene rings is 1. The Morgan fingerprint density at radius 2 is 1.97 bits per heavy atom. The predicted octanol–water partition coefficient (Wildman–Crippen LogP) is 1.16. The van der Waals surface area contributed by atoms with Gasteiger partial charge in [0.05, 0.1) is 11.9 Å². The molecule has 0 spiro atoms. The Labute approximate surface area is 202 Å². The van der Waals surface area contributed by atoms with Crippen molar-refractivity contribution in [3.63, 3.8) is 0 Å². The van der Waals surface area contributed by atoms with E-state index in [-0.39, 0.29) is 41.2 Å². The number of hydrogen-bond donors (Lipinski definition) is 1. The fraction of sp³-hybridized carbons (Fsp3) is 0.0909. The molecular formula is C22H19ClN5NaO-2. The van der Waals surface area contributed by atoms with Gasteiger partial charge in [-0.15, -0.1) is 12.2 Å². The molecular weight excluding hydrogens is 409 g/mol. The van der Waals surface area contributed by atoms with Gasteiger partial charge in [0.25, 0.3) is 5.56 Å². The Hall–Kier alpha value is -2.25. The largest absolute Gasteiger partial charge is 1.00 e. The van der Waals surface area contributed by atoms with Gasteiger partial charge in [0, 0.05) is 22.8 Å². The molecule has 0 fully saturated rings. The maximum absolute atomic E-state index is 11.6. The first-order valence-electron chi connectivity index (χ1n) is 8.88. The fourth-order valence-corrected chi connectivity index (χ4v) is 2.59. The van der Waals surface area contributed by atoms with Crippen LogP contribution in [0.15, 0.2) is 71.9 Å². The van der Waals surface area contributed by atoms with Crippen molar-refractivity contribution in [2.75, 3.05) is 5.32 Å². The first-order valence-corrected chi connectivity index (χ1v) is 9.26. The second-order valence-electron chi connectivity index (χ2n) is 6.07. The number of pyridine rings is 2. The summed E-state index contributed by atoms with van der Waals surface area (Å²) in [6, 6.07) is 14.1. The van der Waals surface area contributed by atoms with Crippen LogP contribution in [0.1, 0.15) is 6.42 Å². The maximum atomic E-state index is 11.6. The minimum Gasteiger partial charge on any atom is -0.448 e. The van der Waals surface area contributed by atoms with E-state index in [1.165, 1.54) is 12.3 Å². The van der Waals surface area contributed by atoms with Crippen molar-refractivity contribution < 1.29 is 29.6 Å². The molecule has 1 atom stereocenters. The van der Waals surface area contributed by atoms with Gasteiger partial charge in [0.2, 0.25) is 0 Å². The van der Waals surface area contributed by atoms with Crippen LogP contribution < -0.4 is 40.4 Å². The molecule has 0 bridgehead atoms. The number of hydrogen-bond acceptors (Lipinski definition) is 5. The summed E-state index contributed by atoms with van der Waals surface area (Å²) in [4.78, 5) is 23.9. The van der Waals surface area contributed by atoms with Gasteiger partial charge in [0.15, 0.2) is 0 Å². The Kier molecular flexibility index (Phi) is 9.46. The van der Waals surface area contributed by atoms with E-state index < -0.39 is 0 Å². The van der Waals surface area contributed by atoms with Crippen LogP contribution >= 0.6 is 11.6 Å². The van der Waals surface area contributed by atoms with E-state index in [2.05, 4.69) is 40.3 Å². The van der Waals surface area contributed by atoms with Crippen LogP contribution in [0.25, 0.3) is 16.7 Å². The smallest absolute Gasteiger partial charge is 0.448 e. The monoisotopic (exact) mass is 427 g/mol. The van der Waals surface area contributed by atoms with E-state index in [1.54, 1.807) is 35.2 Å². The Bertz CT molecular complexity index is 1130. The average molecular weight is 428 g/mol. The van der Waals surface area contributed by atoms with E-state index in [9.17, 15) is 4.79 Å². The molecule has 3 aromatic heterocycles. The minimum atomic E-state index is -0.0761. The molecule has 1 aromatic carbocycles. The number of fused-ring (bicyclic) bond motifs is 1. The average Bonchev–Trinajstić information content (AvgIpc) is 2.75. The van der Waals surface area contributed by atoms with Crippen LogP contribution in [-0.2, 0) is 0 Å². The van der Waals surface area contributed by atoms with Gasteiger partial charge < -0.3 is 24.1 Å². The normalized spacial score (nSPS) is 11.0. The van der Waals surface area contributed by atoms with Crippen molar-refractivity contribution in [1.82, 2.24) is 19.5 Å². The van der Waals surface area contributed by atoms with Crippen molar-refractivity contribution in [2.45, 2.75) is 12.5 Å². The molecule has 0 saturated heterocycles. The molecule has 0 saturated carbocycles. The SMILES string of the molecule is Clc1ccc2nc[c-]nc2c1.[CH2-]CC([CH2-])Nc1ccc(-n2ccccc2=O)cn1.[Na+]. The molecule has 1 unspecified atom stereocenters. The van der Waals surface area contributed by atoms with Gasteiger partial charge in [-0.3, -0.25) is 14.3 Å². The van der Waals surface area contributed by atoms with Gasteiger partial charge >= 0.3 is 29.6 Å². The third-order valence-corrected chi connectivity index (χ3v) is 4.17. The summed E-state index contributed by atoms with van der Waals surface area (Å²) in [6.07, 6.45) is 8.23. The third-order valence-electron chi connectivity index (χ3n) is 3.93. The molecule has 3 heterocycles. The number of aromatic nitrogens is 4. The van der Waals surface area contributed by atoms with Gasteiger partial charge in [-0.05, 0) is 30.5 Å². The van der Waals surface area contributed by atoms with E-state index in [4.69, 9.17) is 11.6 Å². The summed E-state index contributed by atoms with van der Waals surface area (Å²) in [6.45, 7) is 7.64. The molecule has 6 nitrogen and oxygen atoms in total. The van der Waals surface area contributed by atoms with Crippen molar-refractivity contribution in [3.8, 4) is 5.69 Å². The number of anilines is 1. The molecule has 0 amide bonds. The van der Waals surface area contributed by atoms with E-state index in [0.717, 1.165) is 22.5 Å². The molecule has 0 aliphatic rings. The second kappa shape index (κ2) is 11.8. The zero-order valence-electron chi connectivity index (χ0n) is 16.6. The first-order chi connectivity index (χ1) is 14.1. The molecule has 8 heteroatoms. The molecule has 0 aliphatic heterocycles.